The molecule has 20 heavy (non-hydrogen) atoms. The van der Waals surface area contributed by atoms with Crippen molar-refractivity contribution in [2.75, 3.05) is 37.4 Å². The molecule has 0 unspecified atom stereocenters. The second-order valence-electron chi connectivity index (χ2n) is 4.82. The van der Waals surface area contributed by atoms with Crippen LogP contribution in [0.1, 0.15) is 45.4 Å². The molecule has 1 aromatic rings. The number of nitrogens with one attached hydrogen (secondary N) is 2. The van der Waals surface area contributed by atoms with Crippen molar-refractivity contribution < 1.29 is 4.74 Å². The number of methoxy groups -OCH3 is 1. The zero-order valence-electron chi connectivity index (χ0n) is 13.0. The normalized spacial score (nSPS) is 10.6. The van der Waals surface area contributed by atoms with Crippen molar-refractivity contribution >= 4 is 11.6 Å². The number of unbranched alkanes of at least 4 members (excludes halogenated alkanes) is 2. The first-order valence-corrected chi connectivity index (χ1v) is 7.64. The van der Waals surface area contributed by atoms with Crippen LogP contribution in [0.25, 0.3) is 0 Å². The minimum atomic E-state index is 0.846. The molecule has 0 atom stereocenters. The topological polar surface area (TPSA) is 59.1 Å². The number of aromatic nitrogens is 2. The van der Waals surface area contributed by atoms with Gasteiger partial charge in [-0.15, -0.1) is 0 Å². The second-order valence-corrected chi connectivity index (χ2v) is 4.82. The Kier molecular flexibility index (Phi) is 8.71. The van der Waals surface area contributed by atoms with Gasteiger partial charge in [0.2, 0.25) is 0 Å². The van der Waals surface area contributed by atoms with Gasteiger partial charge in [0.25, 0.3) is 0 Å². The fraction of sp³-hybridized carbons (Fsp3) is 0.733. The summed E-state index contributed by atoms with van der Waals surface area (Å²) in [5, 5.41) is 6.70. The first-order chi connectivity index (χ1) is 9.80. The van der Waals surface area contributed by atoms with Gasteiger partial charge in [0.05, 0.1) is 0 Å². The van der Waals surface area contributed by atoms with Gasteiger partial charge < -0.3 is 15.4 Å². The summed E-state index contributed by atoms with van der Waals surface area (Å²) in [5.74, 6) is 2.72. The van der Waals surface area contributed by atoms with E-state index in [0.717, 1.165) is 62.8 Å². The van der Waals surface area contributed by atoms with E-state index in [4.69, 9.17) is 4.74 Å². The number of anilines is 2. The molecule has 0 amide bonds. The van der Waals surface area contributed by atoms with Crippen molar-refractivity contribution in [2.45, 2.75) is 46.0 Å². The van der Waals surface area contributed by atoms with Crippen LogP contribution < -0.4 is 10.6 Å². The molecule has 0 aliphatic rings. The molecule has 0 radical (unpaired) electrons. The van der Waals surface area contributed by atoms with Crippen LogP contribution in [0.2, 0.25) is 0 Å². The molecule has 5 heteroatoms. The summed E-state index contributed by atoms with van der Waals surface area (Å²) >= 11 is 0. The van der Waals surface area contributed by atoms with Crippen LogP contribution in [0.4, 0.5) is 11.6 Å². The fourth-order valence-corrected chi connectivity index (χ4v) is 1.85. The van der Waals surface area contributed by atoms with Gasteiger partial charge in [0.1, 0.15) is 17.5 Å². The highest BCUT2D eigenvalue weighted by molar-refractivity contribution is 5.47. The quantitative estimate of drug-likeness (QED) is 0.610. The molecule has 0 bridgehead atoms. The Balaban J connectivity index is 2.42. The van der Waals surface area contributed by atoms with Gasteiger partial charge in [0, 0.05) is 39.3 Å². The smallest absolute Gasteiger partial charge is 0.132 e. The van der Waals surface area contributed by atoms with Gasteiger partial charge in [-0.1, -0.05) is 13.8 Å². The van der Waals surface area contributed by atoms with Crippen molar-refractivity contribution in [3.05, 3.63) is 11.9 Å². The lowest BCUT2D eigenvalue weighted by molar-refractivity contribution is 0.192. The SMILES string of the molecule is CCCNc1cc(NCCCCCOC)nc(CC)n1. The number of nitrogens with zero attached hydrogens (tertiary/aromatic N) is 2. The number of ether oxygens (including phenoxy) is 1. The lowest BCUT2D eigenvalue weighted by atomic mass is 10.2. The molecular formula is C15H28N4O. The third kappa shape index (κ3) is 6.70. The van der Waals surface area contributed by atoms with Crippen LogP contribution in [0.5, 0.6) is 0 Å². The maximum absolute atomic E-state index is 5.04. The van der Waals surface area contributed by atoms with Crippen LogP contribution in [0, 0.1) is 0 Å². The van der Waals surface area contributed by atoms with E-state index in [1.165, 1.54) is 6.42 Å². The first-order valence-electron chi connectivity index (χ1n) is 7.64. The minimum Gasteiger partial charge on any atom is -0.385 e. The Morgan fingerprint density at radius 2 is 1.70 bits per heavy atom. The van der Waals surface area contributed by atoms with Gasteiger partial charge in [-0.05, 0) is 25.7 Å². The molecule has 2 N–H and O–H groups in total. The van der Waals surface area contributed by atoms with Gasteiger partial charge >= 0.3 is 0 Å². The lowest BCUT2D eigenvalue weighted by Gasteiger charge is -2.10. The fourth-order valence-electron chi connectivity index (χ4n) is 1.85. The summed E-state index contributed by atoms with van der Waals surface area (Å²) < 4.78 is 5.04. The molecule has 1 rings (SSSR count). The van der Waals surface area contributed by atoms with Crippen LogP contribution in [0.15, 0.2) is 6.07 Å². The van der Waals surface area contributed by atoms with E-state index < -0.39 is 0 Å². The monoisotopic (exact) mass is 280 g/mol. The maximum Gasteiger partial charge on any atom is 0.132 e. The van der Waals surface area contributed by atoms with Crippen LogP contribution >= 0.6 is 0 Å². The Labute approximate surface area is 122 Å². The molecule has 1 heterocycles. The molecule has 0 spiro atoms. The average Bonchev–Trinajstić information content (AvgIpc) is 2.48. The molecule has 114 valence electrons. The number of rotatable bonds is 11. The number of aryl methyl sites for hydroxylation is 1. The zero-order valence-corrected chi connectivity index (χ0v) is 13.0. The minimum absolute atomic E-state index is 0.846. The van der Waals surface area contributed by atoms with Crippen LogP contribution in [-0.2, 0) is 11.2 Å². The van der Waals surface area contributed by atoms with Gasteiger partial charge in [-0.2, -0.15) is 0 Å². The van der Waals surface area contributed by atoms with Crippen molar-refractivity contribution in [3.63, 3.8) is 0 Å². The summed E-state index contributed by atoms with van der Waals surface area (Å²) in [4.78, 5) is 8.99. The molecule has 1 aromatic heterocycles. The molecule has 0 saturated carbocycles. The number of hydrogen-bond acceptors (Lipinski definition) is 5. The van der Waals surface area contributed by atoms with E-state index in [0.29, 0.717) is 0 Å². The van der Waals surface area contributed by atoms with Crippen molar-refractivity contribution in [1.82, 2.24) is 9.97 Å². The van der Waals surface area contributed by atoms with Crippen molar-refractivity contribution in [2.24, 2.45) is 0 Å². The molecule has 0 saturated heterocycles. The summed E-state index contributed by atoms with van der Waals surface area (Å²) in [5.41, 5.74) is 0. The first kappa shape index (κ1) is 16.7. The Hall–Kier alpha value is -1.36. The Bertz CT molecular complexity index is 371. The number of hydrogen-bond donors (Lipinski definition) is 2. The van der Waals surface area contributed by atoms with Crippen molar-refractivity contribution in [3.8, 4) is 0 Å². The summed E-state index contributed by atoms with van der Waals surface area (Å²) in [6.07, 6.45) is 5.36. The second kappa shape index (κ2) is 10.4. The highest BCUT2D eigenvalue weighted by Gasteiger charge is 2.02. The molecule has 5 nitrogen and oxygen atoms in total. The highest BCUT2D eigenvalue weighted by Crippen LogP contribution is 2.12. The van der Waals surface area contributed by atoms with E-state index >= 15 is 0 Å². The molecule has 0 fully saturated rings. The van der Waals surface area contributed by atoms with E-state index in [9.17, 15) is 0 Å². The van der Waals surface area contributed by atoms with E-state index in [1.54, 1.807) is 7.11 Å². The van der Waals surface area contributed by atoms with E-state index in [1.807, 2.05) is 6.07 Å². The van der Waals surface area contributed by atoms with Gasteiger partial charge in [-0.25, -0.2) is 9.97 Å². The predicted octanol–water partition coefficient (Wildman–Crippen LogP) is 3.09. The van der Waals surface area contributed by atoms with Crippen LogP contribution in [0.3, 0.4) is 0 Å². The summed E-state index contributed by atoms with van der Waals surface area (Å²) in [6, 6.07) is 1.99. The van der Waals surface area contributed by atoms with Gasteiger partial charge in [-0.3, -0.25) is 0 Å². The molecule has 0 aromatic carbocycles. The molecular weight excluding hydrogens is 252 g/mol. The Morgan fingerprint density at radius 1 is 1.00 bits per heavy atom. The molecule has 0 aliphatic carbocycles. The average molecular weight is 280 g/mol. The Morgan fingerprint density at radius 3 is 2.30 bits per heavy atom. The predicted molar refractivity (Wildman–Crippen MR) is 84.4 cm³/mol. The highest BCUT2D eigenvalue weighted by atomic mass is 16.5. The van der Waals surface area contributed by atoms with Crippen molar-refractivity contribution in [1.29, 1.82) is 0 Å². The van der Waals surface area contributed by atoms with Crippen LogP contribution in [-0.4, -0.2) is 36.8 Å². The lowest BCUT2D eigenvalue weighted by Crippen LogP contribution is -2.09. The third-order valence-corrected chi connectivity index (χ3v) is 2.98. The summed E-state index contributed by atoms with van der Waals surface area (Å²) in [6.45, 7) is 6.95. The van der Waals surface area contributed by atoms with E-state index in [2.05, 4.69) is 34.4 Å². The largest absolute Gasteiger partial charge is 0.385 e. The third-order valence-electron chi connectivity index (χ3n) is 2.98. The van der Waals surface area contributed by atoms with E-state index in [-0.39, 0.29) is 0 Å². The van der Waals surface area contributed by atoms with Gasteiger partial charge in [0.15, 0.2) is 0 Å². The summed E-state index contributed by atoms with van der Waals surface area (Å²) in [7, 11) is 1.75. The molecule has 0 aliphatic heterocycles. The zero-order chi connectivity index (χ0) is 14.6. The maximum atomic E-state index is 5.04. The standard InChI is InChI=1S/C15H28N4O/c1-4-9-16-14-12-15(19-13(5-2)18-14)17-10-7-6-8-11-20-3/h12H,4-11H2,1-3H3,(H2,16,17,18,19).